The van der Waals surface area contributed by atoms with Crippen LogP contribution in [0.2, 0.25) is 0 Å². The molecule has 5 nitrogen and oxygen atoms in total. The maximum absolute atomic E-state index is 5.68. The van der Waals surface area contributed by atoms with Gasteiger partial charge in [-0.05, 0) is 25.5 Å². The van der Waals surface area contributed by atoms with Crippen LogP contribution in [0, 0.1) is 6.92 Å². The Morgan fingerprint density at radius 2 is 2.00 bits per heavy atom. The maximum atomic E-state index is 5.68. The lowest BCUT2D eigenvalue weighted by Crippen LogP contribution is -2.38. The van der Waals surface area contributed by atoms with Gasteiger partial charge in [0.05, 0.1) is 23.8 Å². The van der Waals surface area contributed by atoms with E-state index in [0.717, 1.165) is 28.8 Å². The molecule has 0 aliphatic carbocycles. The second-order valence-electron chi connectivity index (χ2n) is 5.10. The molecule has 132 valence electrons. The Labute approximate surface area is 165 Å². The van der Waals surface area contributed by atoms with Gasteiger partial charge in [0, 0.05) is 12.4 Å². The number of benzene rings is 1. The first-order chi connectivity index (χ1) is 11.2. The molecule has 0 unspecified atom stereocenters. The number of thiazole rings is 1. The van der Waals surface area contributed by atoms with Crippen LogP contribution in [-0.2, 0) is 13.0 Å². The zero-order chi connectivity index (χ0) is 16.5. The highest BCUT2D eigenvalue weighted by Crippen LogP contribution is 2.11. The number of aromatic nitrogens is 1. The van der Waals surface area contributed by atoms with Crippen LogP contribution in [0.5, 0.6) is 5.75 Å². The quantitative estimate of drug-likeness (QED) is 0.288. The van der Waals surface area contributed by atoms with Crippen LogP contribution >= 0.6 is 35.3 Å². The zero-order valence-electron chi connectivity index (χ0n) is 14.3. The topological polar surface area (TPSA) is 58.5 Å². The highest BCUT2D eigenvalue weighted by Gasteiger charge is 2.02. The second-order valence-corrected chi connectivity index (χ2v) is 6.04. The monoisotopic (exact) mass is 460 g/mol. The van der Waals surface area contributed by atoms with Crippen molar-refractivity contribution >= 4 is 41.3 Å². The van der Waals surface area contributed by atoms with Crippen LogP contribution in [0.15, 0.2) is 34.6 Å². The Morgan fingerprint density at radius 3 is 2.62 bits per heavy atom. The minimum Gasteiger partial charge on any atom is -0.492 e. The SMILES string of the molecule is CCc1nc(CNC(=NC)NCCOc2ccc(C)cc2)cs1.I. The highest BCUT2D eigenvalue weighted by molar-refractivity contribution is 14.0. The molecule has 0 spiro atoms. The van der Waals surface area contributed by atoms with E-state index in [1.54, 1.807) is 18.4 Å². The van der Waals surface area contributed by atoms with E-state index in [-0.39, 0.29) is 24.0 Å². The summed E-state index contributed by atoms with van der Waals surface area (Å²) in [5.74, 6) is 1.64. The normalized spacial score (nSPS) is 10.9. The minimum absolute atomic E-state index is 0. The van der Waals surface area contributed by atoms with Gasteiger partial charge in [-0.1, -0.05) is 24.6 Å². The van der Waals surface area contributed by atoms with Crippen LogP contribution in [0.4, 0.5) is 0 Å². The van der Waals surface area contributed by atoms with Crippen LogP contribution in [-0.4, -0.2) is 31.1 Å². The van der Waals surface area contributed by atoms with Gasteiger partial charge in [0.2, 0.25) is 0 Å². The minimum atomic E-state index is 0. The number of hydrogen-bond acceptors (Lipinski definition) is 4. The summed E-state index contributed by atoms with van der Waals surface area (Å²) in [5.41, 5.74) is 2.28. The standard InChI is InChI=1S/C17H24N4OS.HI/c1-4-16-21-14(12-23-16)11-20-17(18-3)19-9-10-22-15-7-5-13(2)6-8-15;/h5-8,12H,4,9-11H2,1-3H3,(H2,18,19,20);1H. The summed E-state index contributed by atoms with van der Waals surface area (Å²) in [4.78, 5) is 8.73. The van der Waals surface area contributed by atoms with Crippen molar-refractivity contribution in [2.24, 2.45) is 4.99 Å². The van der Waals surface area contributed by atoms with Gasteiger partial charge < -0.3 is 15.4 Å². The fraction of sp³-hybridized carbons (Fsp3) is 0.412. The molecule has 1 heterocycles. The average molecular weight is 460 g/mol. The third-order valence-corrected chi connectivity index (χ3v) is 4.29. The van der Waals surface area contributed by atoms with E-state index in [2.05, 4.69) is 39.8 Å². The van der Waals surface area contributed by atoms with Crippen molar-refractivity contribution in [3.05, 3.63) is 45.9 Å². The lowest BCUT2D eigenvalue weighted by Gasteiger charge is -2.12. The van der Waals surface area contributed by atoms with Crippen molar-refractivity contribution in [1.82, 2.24) is 15.6 Å². The predicted molar refractivity (Wildman–Crippen MR) is 112 cm³/mol. The predicted octanol–water partition coefficient (Wildman–Crippen LogP) is 3.38. The summed E-state index contributed by atoms with van der Waals surface area (Å²) in [7, 11) is 1.76. The van der Waals surface area contributed by atoms with Gasteiger partial charge in [-0.15, -0.1) is 35.3 Å². The molecule has 1 aromatic carbocycles. The third kappa shape index (κ3) is 7.04. The number of nitrogens with one attached hydrogen (secondary N) is 2. The summed E-state index contributed by atoms with van der Waals surface area (Å²) >= 11 is 1.70. The molecule has 7 heteroatoms. The summed E-state index contributed by atoms with van der Waals surface area (Å²) in [6.45, 7) is 6.12. The fourth-order valence-electron chi connectivity index (χ4n) is 1.96. The Kier molecular flexibility index (Phi) is 9.70. The Hall–Kier alpha value is -1.35. The molecule has 2 aromatic rings. The first-order valence-electron chi connectivity index (χ1n) is 7.78. The van der Waals surface area contributed by atoms with Gasteiger partial charge in [0.1, 0.15) is 12.4 Å². The Bertz CT molecular complexity index is 628. The first kappa shape index (κ1) is 20.7. The van der Waals surface area contributed by atoms with Crippen molar-refractivity contribution in [2.45, 2.75) is 26.8 Å². The van der Waals surface area contributed by atoms with E-state index in [1.165, 1.54) is 5.56 Å². The fourth-order valence-corrected chi connectivity index (χ4v) is 2.70. The molecule has 2 rings (SSSR count). The number of aryl methyl sites for hydroxylation is 2. The van der Waals surface area contributed by atoms with Crippen LogP contribution in [0.3, 0.4) is 0 Å². The van der Waals surface area contributed by atoms with E-state index in [9.17, 15) is 0 Å². The number of guanidine groups is 1. The van der Waals surface area contributed by atoms with Gasteiger partial charge in [0.15, 0.2) is 5.96 Å². The molecule has 1 aromatic heterocycles. The van der Waals surface area contributed by atoms with Crippen molar-refractivity contribution in [2.75, 3.05) is 20.2 Å². The van der Waals surface area contributed by atoms with E-state index < -0.39 is 0 Å². The van der Waals surface area contributed by atoms with E-state index in [1.807, 2.05) is 24.3 Å². The van der Waals surface area contributed by atoms with Crippen molar-refractivity contribution in [3.8, 4) is 5.75 Å². The molecule has 0 aliphatic heterocycles. The number of ether oxygens (including phenoxy) is 1. The summed E-state index contributed by atoms with van der Waals surface area (Å²) < 4.78 is 5.68. The molecule has 24 heavy (non-hydrogen) atoms. The second kappa shape index (κ2) is 11.2. The van der Waals surface area contributed by atoms with Gasteiger partial charge in [0.25, 0.3) is 0 Å². The van der Waals surface area contributed by atoms with Crippen molar-refractivity contribution < 1.29 is 4.74 Å². The maximum Gasteiger partial charge on any atom is 0.191 e. The lowest BCUT2D eigenvalue weighted by atomic mass is 10.2. The molecular formula is C17H25IN4OS. The van der Waals surface area contributed by atoms with Crippen molar-refractivity contribution in [1.29, 1.82) is 0 Å². The number of aliphatic imine (C=N–C) groups is 1. The van der Waals surface area contributed by atoms with Crippen LogP contribution in [0.25, 0.3) is 0 Å². The smallest absolute Gasteiger partial charge is 0.191 e. The number of rotatable bonds is 7. The third-order valence-electron chi connectivity index (χ3n) is 3.25. The molecule has 0 saturated carbocycles. The van der Waals surface area contributed by atoms with Gasteiger partial charge in [-0.3, -0.25) is 4.99 Å². The summed E-state index contributed by atoms with van der Waals surface area (Å²) in [6.07, 6.45) is 0.980. The zero-order valence-corrected chi connectivity index (χ0v) is 17.5. The molecule has 0 atom stereocenters. The van der Waals surface area contributed by atoms with Crippen LogP contribution in [0.1, 0.15) is 23.2 Å². The lowest BCUT2D eigenvalue weighted by molar-refractivity contribution is 0.322. The van der Waals surface area contributed by atoms with E-state index >= 15 is 0 Å². The molecule has 0 fully saturated rings. The molecule has 0 aliphatic rings. The Balaban J connectivity index is 0.00000288. The van der Waals surface area contributed by atoms with E-state index in [0.29, 0.717) is 19.7 Å². The number of halogens is 1. The highest BCUT2D eigenvalue weighted by atomic mass is 127. The molecule has 0 saturated heterocycles. The van der Waals surface area contributed by atoms with Crippen molar-refractivity contribution in [3.63, 3.8) is 0 Å². The molecule has 0 bridgehead atoms. The first-order valence-corrected chi connectivity index (χ1v) is 8.66. The van der Waals surface area contributed by atoms with E-state index in [4.69, 9.17) is 4.74 Å². The van der Waals surface area contributed by atoms with Crippen LogP contribution < -0.4 is 15.4 Å². The Morgan fingerprint density at radius 1 is 1.25 bits per heavy atom. The summed E-state index contributed by atoms with van der Waals surface area (Å²) in [5, 5.41) is 9.73. The molecule has 2 N–H and O–H groups in total. The summed E-state index contributed by atoms with van der Waals surface area (Å²) in [6, 6.07) is 8.05. The van der Waals surface area contributed by atoms with Gasteiger partial charge in [-0.2, -0.15) is 0 Å². The number of hydrogen-bond donors (Lipinski definition) is 2. The molecule has 0 amide bonds. The molecule has 0 radical (unpaired) electrons. The largest absolute Gasteiger partial charge is 0.492 e. The average Bonchev–Trinajstić information content (AvgIpc) is 3.04. The van der Waals surface area contributed by atoms with Gasteiger partial charge in [-0.25, -0.2) is 4.98 Å². The number of nitrogens with zero attached hydrogens (tertiary/aromatic N) is 2. The van der Waals surface area contributed by atoms with Gasteiger partial charge >= 0.3 is 0 Å². The molecular weight excluding hydrogens is 435 g/mol.